The van der Waals surface area contributed by atoms with Gasteiger partial charge in [-0.1, -0.05) is 18.9 Å². The molecule has 0 fully saturated rings. The van der Waals surface area contributed by atoms with E-state index in [1.54, 1.807) is 30.9 Å². The summed E-state index contributed by atoms with van der Waals surface area (Å²) in [5.41, 5.74) is 0.305. The molecule has 0 aliphatic carbocycles. The first-order chi connectivity index (χ1) is 12.3. The molecule has 140 valence electrons. The first-order valence-corrected chi connectivity index (χ1v) is 9.78. The van der Waals surface area contributed by atoms with Gasteiger partial charge in [0, 0.05) is 35.2 Å². The third kappa shape index (κ3) is 4.88. The van der Waals surface area contributed by atoms with Crippen LogP contribution in [0.2, 0.25) is 0 Å². The Labute approximate surface area is 163 Å². The highest BCUT2D eigenvalue weighted by Gasteiger charge is 2.23. The van der Waals surface area contributed by atoms with E-state index >= 15 is 0 Å². The molecule has 0 bridgehead atoms. The van der Waals surface area contributed by atoms with Crippen molar-refractivity contribution in [1.29, 1.82) is 0 Å². The van der Waals surface area contributed by atoms with Gasteiger partial charge < -0.3 is 9.82 Å². The quantitative estimate of drug-likeness (QED) is 0.350. The molecule has 1 aromatic heterocycles. The summed E-state index contributed by atoms with van der Waals surface area (Å²) in [4.78, 5) is 12.9. The van der Waals surface area contributed by atoms with E-state index in [0.29, 0.717) is 10.0 Å². The smallest absolute Gasteiger partial charge is 0.200 e. The predicted octanol–water partition coefficient (Wildman–Crippen LogP) is 5.53. The number of halogens is 3. The third-order valence-corrected chi connectivity index (χ3v) is 4.99. The van der Waals surface area contributed by atoms with Crippen LogP contribution in [0.15, 0.2) is 35.1 Å². The fourth-order valence-corrected chi connectivity index (χ4v) is 3.33. The van der Waals surface area contributed by atoms with E-state index in [1.165, 1.54) is 24.2 Å². The van der Waals surface area contributed by atoms with Gasteiger partial charge in [-0.3, -0.25) is 9.48 Å². The summed E-state index contributed by atoms with van der Waals surface area (Å²) in [6, 6.07) is 4.11. The molecule has 4 nitrogen and oxygen atoms in total. The molecule has 0 aliphatic rings. The number of hydrogen-bond acceptors (Lipinski definition) is 3. The molecule has 1 heterocycles. The number of nitrogens with one attached hydrogen (secondary N) is 2. The van der Waals surface area contributed by atoms with Crippen molar-refractivity contribution in [3.63, 3.8) is 0 Å². The molecular weight excluding hydrogens is 424 g/mol. The van der Waals surface area contributed by atoms with Crippen molar-refractivity contribution >= 4 is 39.3 Å². The standard InChI is InChI=1S/C18H20BrF2N3OS/c1-4-7-26-23-15-6-5-14(20)16(17(15)21)18(25)13-10-24(3)22-9-12(19)8-11(13)2/h5-6,8-10,22-23H,4,7H2,1-3H3. The van der Waals surface area contributed by atoms with Crippen molar-refractivity contribution in [2.24, 2.45) is 7.05 Å². The van der Waals surface area contributed by atoms with E-state index in [0.717, 1.165) is 18.2 Å². The Kier molecular flexibility index (Phi) is 7.28. The van der Waals surface area contributed by atoms with Crippen LogP contribution in [0.1, 0.15) is 34.8 Å². The molecular formula is C18H20BrF2N3OS. The molecule has 2 rings (SSSR count). The lowest BCUT2D eigenvalue weighted by molar-refractivity contribution is 0.103. The second-order valence-electron chi connectivity index (χ2n) is 5.70. The number of carbonyl (C=O) groups excluding carboxylic acids is 1. The number of anilines is 1. The predicted molar refractivity (Wildman–Crippen MR) is 106 cm³/mol. The summed E-state index contributed by atoms with van der Waals surface area (Å²) in [5, 5.41) is 2.91. The van der Waals surface area contributed by atoms with Crippen molar-refractivity contribution < 1.29 is 13.6 Å². The van der Waals surface area contributed by atoms with Gasteiger partial charge in [-0.2, -0.15) is 0 Å². The second-order valence-corrected chi connectivity index (χ2v) is 7.52. The van der Waals surface area contributed by atoms with Gasteiger partial charge in [0.25, 0.3) is 0 Å². The number of aromatic nitrogens is 2. The van der Waals surface area contributed by atoms with Gasteiger partial charge in [-0.15, -0.1) is 0 Å². The number of rotatable bonds is 6. The molecule has 0 aliphatic heterocycles. The van der Waals surface area contributed by atoms with Crippen molar-refractivity contribution in [3.8, 4) is 0 Å². The number of H-pyrrole nitrogens is 1. The Balaban J connectivity index is 2.55. The summed E-state index contributed by atoms with van der Waals surface area (Å²) >= 11 is 4.65. The SMILES string of the molecule is CCCSNc1ccc(F)c(C(=O)c2cn(C)[nH]cc(Br)cc2C)c1F. The Hall–Kier alpha value is -1.80. The third-order valence-electron chi connectivity index (χ3n) is 3.56. The number of nitrogens with zero attached hydrogens (tertiary/aromatic N) is 1. The number of aryl methyl sites for hydroxylation is 2. The van der Waals surface area contributed by atoms with Gasteiger partial charge in [0.05, 0.1) is 11.3 Å². The minimum atomic E-state index is -0.889. The first kappa shape index (κ1) is 20.5. The maximum atomic E-state index is 14.8. The number of benzene rings is 1. The topological polar surface area (TPSA) is 49.8 Å². The van der Waals surface area contributed by atoms with E-state index in [2.05, 4.69) is 25.8 Å². The second kappa shape index (κ2) is 9.23. The lowest BCUT2D eigenvalue weighted by atomic mass is 10.00. The van der Waals surface area contributed by atoms with E-state index in [1.807, 2.05) is 6.92 Å². The zero-order chi connectivity index (χ0) is 19.3. The molecule has 0 amide bonds. The van der Waals surface area contributed by atoms with Crippen LogP contribution in [-0.4, -0.2) is 21.3 Å². The maximum Gasteiger partial charge on any atom is 0.200 e. The molecule has 0 saturated heterocycles. The summed E-state index contributed by atoms with van der Waals surface area (Å²) in [7, 11) is 1.69. The zero-order valence-electron chi connectivity index (χ0n) is 14.7. The molecule has 2 aromatic rings. The number of hydrogen-bond donors (Lipinski definition) is 2. The average Bonchev–Trinajstić information content (AvgIpc) is 2.58. The van der Waals surface area contributed by atoms with E-state index in [4.69, 9.17) is 0 Å². The van der Waals surface area contributed by atoms with Crippen molar-refractivity contribution in [3.05, 3.63) is 63.4 Å². The Morgan fingerprint density at radius 3 is 2.81 bits per heavy atom. The van der Waals surface area contributed by atoms with Crippen LogP contribution in [0.25, 0.3) is 0 Å². The monoisotopic (exact) mass is 443 g/mol. The first-order valence-electron chi connectivity index (χ1n) is 8.00. The molecule has 0 radical (unpaired) electrons. The fourth-order valence-electron chi connectivity index (χ4n) is 2.27. The van der Waals surface area contributed by atoms with Gasteiger partial charge in [0.2, 0.25) is 5.78 Å². The van der Waals surface area contributed by atoms with Crippen molar-refractivity contribution in [2.45, 2.75) is 20.3 Å². The Morgan fingerprint density at radius 1 is 1.38 bits per heavy atom. The highest BCUT2D eigenvalue weighted by Crippen LogP contribution is 2.26. The Bertz CT molecular complexity index is 862. The van der Waals surface area contributed by atoms with Crippen molar-refractivity contribution in [1.82, 2.24) is 9.78 Å². The van der Waals surface area contributed by atoms with Gasteiger partial charge >= 0.3 is 0 Å². The normalized spacial score (nSPS) is 10.5. The van der Waals surface area contributed by atoms with Crippen LogP contribution < -0.4 is 4.72 Å². The van der Waals surface area contributed by atoms with Crippen molar-refractivity contribution in [2.75, 3.05) is 10.5 Å². The van der Waals surface area contributed by atoms with Crippen LogP contribution in [0, 0.1) is 18.6 Å². The van der Waals surface area contributed by atoms with Crippen LogP contribution in [0.5, 0.6) is 0 Å². The summed E-state index contributed by atoms with van der Waals surface area (Å²) in [6.45, 7) is 3.71. The Morgan fingerprint density at radius 2 is 2.12 bits per heavy atom. The molecule has 0 saturated carbocycles. The van der Waals surface area contributed by atoms with E-state index in [-0.39, 0.29) is 11.3 Å². The van der Waals surface area contributed by atoms with Crippen LogP contribution in [-0.2, 0) is 7.05 Å². The van der Waals surface area contributed by atoms with E-state index < -0.39 is 23.0 Å². The maximum absolute atomic E-state index is 14.8. The highest BCUT2D eigenvalue weighted by molar-refractivity contribution is 9.10. The number of ketones is 1. The molecule has 1 aromatic carbocycles. The number of carbonyl (C=O) groups is 1. The fraction of sp³-hybridized carbons (Fsp3) is 0.278. The largest absolute Gasteiger partial charge is 0.327 e. The summed E-state index contributed by atoms with van der Waals surface area (Å²) < 4.78 is 34.2. The van der Waals surface area contributed by atoms with Crippen LogP contribution >= 0.6 is 27.9 Å². The average molecular weight is 444 g/mol. The molecule has 0 spiro atoms. The van der Waals surface area contributed by atoms with Gasteiger partial charge in [0.15, 0.2) is 5.82 Å². The lowest BCUT2D eigenvalue weighted by Gasteiger charge is -2.12. The van der Waals surface area contributed by atoms with Crippen LogP contribution in [0.4, 0.5) is 14.5 Å². The molecule has 2 N–H and O–H groups in total. The summed E-state index contributed by atoms with van der Waals surface area (Å²) in [5.74, 6) is -1.72. The lowest BCUT2D eigenvalue weighted by Crippen LogP contribution is -2.12. The molecule has 8 heteroatoms. The zero-order valence-corrected chi connectivity index (χ0v) is 17.1. The van der Waals surface area contributed by atoms with Crippen LogP contribution in [0.3, 0.4) is 0 Å². The molecule has 0 atom stereocenters. The minimum Gasteiger partial charge on any atom is -0.327 e. The van der Waals surface area contributed by atoms with Gasteiger partial charge in [-0.05, 0) is 53.0 Å². The highest BCUT2D eigenvalue weighted by atomic mass is 79.9. The van der Waals surface area contributed by atoms with Gasteiger partial charge in [0.1, 0.15) is 5.82 Å². The molecule has 26 heavy (non-hydrogen) atoms. The van der Waals surface area contributed by atoms with E-state index in [9.17, 15) is 13.6 Å². The molecule has 0 unspecified atom stereocenters. The van der Waals surface area contributed by atoms with Gasteiger partial charge in [-0.25, -0.2) is 8.78 Å². The summed E-state index contributed by atoms with van der Waals surface area (Å²) in [6.07, 6.45) is 4.11. The number of aromatic amines is 1. The minimum absolute atomic E-state index is 0.0915.